The third-order valence-corrected chi connectivity index (χ3v) is 2.15. The summed E-state index contributed by atoms with van der Waals surface area (Å²) in [5, 5.41) is 3.07. The van der Waals surface area contributed by atoms with Crippen molar-refractivity contribution in [3.05, 3.63) is 29.8 Å². The van der Waals surface area contributed by atoms with Gasteiger partial charge in [0.05, 0.1) is 7.11 Å². The molecule has 1 aromatic rings. The lowest BCUT2D eigenvalue weighted by Gasteiger charge is -2.16. The van der Waals surface area contributed by atoms with Gasteiger partial charge in [-0.3, -0.25) is 0 Å². The van der Waals surface area contributed by atoms with Crippen LogP contribution in [0.5, 0.6) is 5.75 Å². The number of methoxy groups -OCH3 is 1. The van der Waals surface area contributed by atoms with Gasteiger partial charge in [0, 0.05) is 18.2 Å². The first-order valence-corrected chi connectivity index (χ1v) is 4.72. The van der Waals surface area contributed by atoms with Crippen LogP contribution in [0.4, 0.5) is 4.39 Å². The van der Waals surface area contributed by atoms with Gasteiger partial charge in [-0.25, -0.2) is 4.39 Å². The van der Waals surface area contributed by atoms with Crippen LogP contribution < -0.4 is 10.1 Å². The van der Waals surface area contributed by atoms with Crippen LogP contribution >= 0.6 is 0 Å². The number of benzene rings is 1. The zero-order valence-electron chi connectivity index (χ0n) is 8.59. The molecule has 0 saturated carbocycles. The van der Waals surface area contributed by atoms with E-state index in [1.54, 1.807) is 7.11 Å². The summed E-state index contributed by atoms with van der Waals surface area (Å²) < 4.78 is 17.2. The predicted octanol–water partition coefficient (Wildman–Crippen LogP) is 2.32. The second-order valence-electron chi connectivity index (χ2n) is 3.11. The van der Waals surface area contributed by atoms with Gasteiger partial charge < -0.3 is 10.1 Å². The van der Waals surface area contributed by atoms with E-state index in [4.69, 9.17) is 4.74 Å². The maximum Gasteiger partial charge on any atom is 0.123 e. The molecular weight excluding hydrogens is 181 g/mol. The van der Waals surface area contributed by atoms with Gasteiger partial charge in [-0.15, -0.1) is 0 Å². The van der Waals surface area contributed by atoms with E-state index in [9.17, 15) is 4.39 Å². The lowest BCUT2D eigenvalue weighted by molar-refractivity contribution is 0.396. The van der Waals surface area contributed by atoms with Crippen molar-refractivity contribution in [3.8, 4) is 5.75 Å². The molecule has 14 heavy (non-hydrogen) atoms. The Balaban J connectivity index is 2.72. The molecule has 1 atom stereocenters. The monoisotopic (exact) mass is 197 g/mol. The fourth-order valence-corrected chi connectivity index (χ4v) is 1.41. The van der Waals surface area contributed by atoms with E-state index in [-0.39, 0.29) is 12.7 Å². The summed E-state index contributed by atoms with van der Waals surface area (Å²) in [4.78, 5) is 0. The molecule has 78 valence electrons. The fraction of sp³-hybridized carbons (Fsp3) is 0.455. The summed E-state index contributed by atoms with van der Waals surface area (Å²) in [6.07, 6.45) is 0. The topological polar surface area (TPSA) is 21.3 Å². The van der Waals surface area contributed by atoms with Gasteiger partial charge >= 0.3 is 0 Å². The number of rotatable bonds is 5. The molecule has 1 N–H and O–H groups in total. The quantitative estimate of drug-likeness (QED) is 0.782. The molecule has 0 amide bonds. The Morgan fingerprint density at radius 2 is 2.14 bits per heavy atom. The van der Waals surface area contributed by atoms with Crippen LogP contribution in [0.1, 0.15) is 18.5 Å². The van der Waals surface area contributed by atoms with Gasteiger partial charge in [0.15, 0.2) is 0 Å². The summed E-state index contributed by atoms with van der Waals surface area (Å²) in [5.41, 5.74) is 1.06. The molecule has 1 aromatic carbocycles. The smallest absolute Gasteiger partial charge is 0.123 e. The first-order valence-electron chi connectivity index (χ1n) is 4.72. The molecule has 0 aliphatic heterocycles. The lowest BCUT2D eigenvalue weighted by atomic mass is 10.1. The summed E-state index contributed by atoms with van der Waals surface area (Å²) in [6.45, 7) is 2.02. The van der Waals surface area contributed by atoms with Gasteiger partial charge in [0.1, 0.15) is 12.4 Å². The van der Waals surface area contributed by atoms with E-state index < -0.39 is 0 Å². The highest BCUT2D eigenvalue weighted by Crippen LogP contribution is 2.23. The van der Waals surface area contributed by atoms with Crippen molar-refractivity contribution in [2.45, 2.75) is 13.0 Å². The van der Waals surface area contributed by atoms with E-state index in [2.05, 4.69) is 5.32 Å². The fourth-order valence-electron chi connectivity index (χ4n) is 1.41. The molecule has 0 aromatic heterocycles. The van der Waals surface area contributed by atoms with E-state index in [0.29, 0.717) is 6.54 Å². The standard InChI is InChI=1S/C11H16FNO/c1-9(13-8-7-12)10-5-3-4-6-11(10)14-2/h3-6,9,13H,7-8H2,1-2H3/t9-/m0/s1. The Morgan fingerprint density at radius 3 is 2.79 bits per heavy atom. The summed E-state index contributed by atoms with van der Waals surface area (Å²) in [7, 11) is 1.64. The molecule has 1 rings (SSSR count). The van der Waals surface area contributed by atoms with Crippen molar-refractivity contribution >= 4 is 0 Å². The molecule has 0 unspecified atom stereocenters. The largest absolute Gasteiger partial charge is 0.496 e. The van der Waals surface area contributed by atoms with Crippen LogP contribution in [0.25, 0.3) is 0 Å². The van der Waals surface area contributed by atoms with Crippen molar-refractivity contribution in [3.63, 3.8) is 0 Å². The SMILES string of the molecule is COc1ccccc1[C@H](C)NCCF. The van der Waals surface area contributed by atoms with Crippen LogP contribution in [0, 0.1) is 0 Å². The first kappa shape index (κ1) is 11.0. The Hall–Kier alpha value is -1.09. The van der Waals surface area contributed by atoms with Crippen molar-refractivity contribution in [1.29, 1.82) is 0 Å². The van der Waals surface area contributed by atoms with E-state index in [1.807, 2.05) is 31.2 Å². The van der Waals surface area contributed by atoms with Crippen molar-refractivity contribution in [2.75, 3.05) is 20.3 Å². The minimum atomic E-state index is -0.348. The van der Waals surface area contributed by atoms with Crippen LogP contribution in [0.15, 0.2) is 24.3 Å². The van der Waals surface area contributed by atoms with Crippen LogP contribution in [-0.2, 0) is 0 Å². The molecule has 0 fully saturated rings. The van der Waals surface area contributed by atoms with Gasteiger partial charge in [0.25, 0.3) is 0 Å². The number of para-hydroxylation sites is 1. The zero-order chi connectivity index (χ0) is 10.4. The van der Waals surface area contributed by atoms with E-state index in [0.717, 1.165) is 11.3 Å². The minimum Gasteiger partial charge on any atom is -0.496 e. The minimum absolute atomic E-state index is 0.113. The Bertz CT molecular complexity index is 278. The summed E-state index contributed by atoms with van der Waals surface area (Å²) >= 11 is 0. The summed E-state index contributed by atoms with van der Waals surface area (Å²) in [5.74, 6) is 0.839. The van der Waals surface area contributed by atoms with Crippen molar-refractivity contribution < 1.29 is 9.13 Å². The second-order valence-corrected chi connectivity index (χ2v) is 3.11. The first-order chi connectivity index (χ1) is 6.79. The molecule has 0 heterocycles. The third kappa shape index (κ3) is 2.70. The number of hydrogen-bond donors (Lipinski definition) is 1. The van der Waals surface area contributed by atoms with Gasteiger partial charge in [-0.2, -0.15) is 0 Å². The van der Waals surface area contributed by atoms with Crippen molar-refractivity contribution in [1.82, 2.24) is 5.32 Å². The van der Waals surface area contributed by atoms with Gasteiger partial charge in [0.2, 0.25) is 0 Å². The Kier molecular flexibility index (Phi) is 4.40. The summed E-state index contributed by atoms with van der Waals surface area (Å²) in [6, 6.07) is 7.87. The second kappa shape index (κ2) is 5.60. The normalized spacial score (nSPS) is 12.5. The Morgan fingerprint density at radius 1 is 1.43 bits per heavy atom. The van der Waals surface area contributed by atoms with Crippen LogP contribution in [-0.4, -0.2) is 20.3 Å². The molecule has 3 heteroatoms. The number of hydrogen-bond acceptors (Lipinski definition) is 2. The van der Waals surface area contributed by atoms with E-state index in [1.165, 1.54) is 0 Å². The van der Waals surface area contributed by atoms with Crippen LogP contribution in [0.2, 0.25) is 0 Å². The third-order valence-electron chi connectivity index (χ3n) is 2.15. The van der Waals surface area contributed by atoms with Gasteiger partial charge in [-0.1, -0.05) is 18.2 Å². The maximum absolute atomic E-state index is 12.0. The maximum atomic E-state index is 12.0. The molecule has 0 saturated heterocycles. The molecule has 0 aliphatic rings. The average Bonchev–Trinajstić information content (AvgIpc) is 2.25. The zero-order valence-corrected chi connectivity index (χ0v) is 8.59. The number of nitrogens with one attached hydrogen (secondary N) is 1. The molecule has 0 spiro atoms. The molecular formula is C11H16FNO. The molecule has 0 aliphatic carbocycles. The highest BCUT2D eigenvalue weighted by molar-refractivity contribution is 5.35. The number of ether oxygens (including phenoxy) is 1. The molecule has 2 nitrogen and oxygen atoms in total. The molecule has 0 radical (unpaired) electrons. The van der Waals surface area contributed by atoms with E-state index >= 15 is 0 Å². The highest BCUT2D eigenvalue weighted by Gasteiger charge is 2.08. The molecule has 0 bridgehead atoms. The Labute approximate surface area is 84.1 Å². The van der Waals surface area contributed by atoms with Crippen LogP contribution in [0.3, 0.4) is 0 Å². The highest BCUT2D eigenvalue weighted by atomic mass is 19.1. The van der Waals surface area contributed by atoms with Crippen molar-refractivity contribution in [2.24, 2.45) is 0 Å². The van der Waals surface area contributed by atoms with Gasteiger partial charge in [-0.05, 0) is 13.0 Å². The number of halogens is 1. The number of alkyl halides is 1. The predicted molar refractivity (Wildman–Crippen MR) is 55.4 cm³/mol. The lowest BCUT2D eigenvalue weighted by Crippen LogP contribution is -2.21. The average molecular weight is 197 g/mol.